The molecule has 0 bridgehead atoms. The number of hydrogen-bond acceptors (Lipinski definition) is 2. The molecule has 1 atom stereocenters. The van der Waals surface area contributed by atoms with E-state index >= 15 is 0 Å². The molecule has 0 aliphatic rings. The highest BCUT2D eigenvalue weighted by atomic mass is 14.5. The van der Waals surface area contributed by atoms with Gasteiger partial charge in [0.2, 0.25) is 0 Å². The molecule has 2 heteroatoms. The summed E-state index contributed by atoms with van der Waals surface area (Å²) in [6.07, 6.45) is 0.833. The van der Waals surface area contributed by atoms with E-state index in [4.69, 9.17) is 11.0 Å². The van der Waals surface area contributed by atoms with Crippen molar-refractivity contribution in [3.63, 3.8) is 0 Å². The van der Waals surface area contributed by atoms with Crippen molar-refractivity contribution >= 4 is 5.69 Å². The minimum absolute atomic E-state index is 0.0199. The lowest BCUT2D eigenvalue weighted by Gasteiger charge is -2.05. The molecule has 0 radical (unpaired) electrons. The van der Waals surface area contributed by atoms with Crippen LogP contribution < -0.4 is 5.73 Å². The van der Waals surface area contributed by atoms with Crippen molar-refractivity contribution in [2.75, 3.05) is 5.73 Å². The second-order valence-electron chi connectivity index (χ2n) is 2.76. The summed E-state index contributed by atoms with van der Waals surface area (Å²) in [5.41, 5.74) is 7.33. The predicted molar refractivity (Wildman–Crippen MR) is 49.5 cm³/mol. The first-order valence-electron chi connectivity index (χ1n) is 4.03. The van der Waals surface area contributed by atoms with Crippen LogP contribution in [0.4, 0.5) is 5.69 Å². The lowest BCUT2D eigenvalue weighted by molar-refractivity contribution is 0.819. The Balaban J connectivity index is 2.95. The third-order valence-corrected chi connectivity index (χ3v) is 1.88. The van der Waals surface area contributed by atoms with Crippen LogP contribution in [0.5, 0.6) is 0 Å². The maximum Gasteiger partial charge on any atom is 0.0710 e. The third kappa shape index (κ3) is 1.76. The van der Waals surface area contributed by atoms with Crippen molar-refractivity contribution in [3.8, 4) is 6.07 Å². The minimum Gasteiger partial charge on any atom is -0.399 e. The van der Waals surface area contributed by atoms with Gasteiger partial charge in [-0.25, -0.2) is 0 Å². The Morgan fingerprint density at radius 1 is 1.58 bits per heavy atom. The van der Waals surface area contributed by atoms with Gasteiger partial charge in [0, 0.05) is 5.69 Å². The zero-order chi connectivity index (χ0) is 8.97. The summed E-state index contributed by atoms with van der Waals surface area (Å²) < 4.78 is 0. The number of nitrogen functional groups attached to an aromatic ring is 1. The van der Waals surface area contributed by atoms with Crippen molar-refractivity contribution in [3.05, 3.63) is 29.8 Å². The molecule has 0 spiro atoms. The summed E-state index contributed by atoms with van der Waals surface area (Å²) in [7, 11) is 0. The molecule has 0 saturated heterocycles. The quantitative estimate of drug-likeness (QED) is 0.675. The van der Waals surface area contributed by atoms with Crippen LogP contribution in [-0.2, 0) is 0 Å². The van der Waals surface area contributed by atoms with E-state index < -0.39 is 0 Å². The Morgan fingerprint density at radius 2 is 2.33 bits per heavy atom. The molecule has 1 unspecified atom stereocenters. The van der Waals surface area contributed by atoms with Crippen molar-refractivity contribution in [1.29, 1.82) is 5.26 Å². The topological polar surface area (TPSA) is 49.8 Å². The van der Waals surface area contributed by atoms with Crippen LogP contribution >= 0.6 is 0 Å². The molecule has 0 aromatic heterocycles. The highest BCUT2D eigenvalue weighted by Crippen LogP contribution is 2.19. The van der Waals surface area contributed by atoms with Gasteiger partial charge in [-0.05, 0) is 24.1 Å². The largest absolute Gasteiger partial charge is 0.399 e. The van der Waals surface area contributed by atoms with Gasteiger partial charge in [-0.1, -0.05) is 19.1 Å². The highest BCUT2D eigenvalue weighted by molar-refractivity contribution is 5.42. The van der Waals surface area contributed by atoms with Gasteiger partial charge in [-0.3, -0.25) is 0 Å². The third-order valence-electron chi connectivity index (χ3n) is 1.88. The molecule has 12 heavy (non-hydrogen) atoms. The van der Waals surface area contributed by atoms with Crippen LogP contribution in [0.2, 0.25) is 0 Å². The molecular formula is C10H12N2. The lowest BCUT2D eigenvalue weighted by Crippen LogP contribution is -1.94. The van der Waals surface area contributed by atoms with Crippen LogP contribution in [0.15, 0.2) is 24.3 Å². The molecule has 0 amide bonds. The normalized spacial score (nSPS) is 12.0. The van der Waals surface area contributed by atoms with Gasteiger partial charge >= 0.3 is 0 Å². The number of rotatable bonds is 2. The molecule has 2 nitrogen and oxygen atoms in total. The fraction of sp³-hybridized carbons (Fsp3) is 0.300. The van der Waals surface area contributed by atoms with Gasteiger partial charge in [-0.2, -0.15) is 5.26 Å². The molecule has 62 valence electrons. The lowest BCUT2D eigenvalue weighted by atomic mass is 9.98. The van der Waals surface area contributed by atoms with E-state index in [1.54, 1.807) is 0 Å². The monoisotopic (exact) mass is 160 g/mol. The fourth-order valence-electron chi connectivity index (χ4n) is 1.18. The van der Waals surface area contributed by atoms with Crippen molar-refractivity contribution in [1.82, 2.24) is 0 Å². The summed E-state index contributed by atoms with van der Waals surface area (Å²) in [6.45, 7) is 2.00. The standard InChI is InChI=1S/C10H12N2/c1-2-8(7-11)9-4-3-5-10(12)6-9/h3-6,8H,2,12H2,1H3. The molecule has 1 aromatic rings. The Labute approximate surface area is 72.6 Å². The molecule has 2 N–H and O–H groups in total. The summed E-state index contributed by atoms with van der Waals surface area (Å²) in [5, 5.41) is 8.78. The second-order valence-corrected chi connectivity index (χ2v) is 2.76. The molecule has 0 aliphatic heterocycles. The first-order chi connectivity index (χ1) is 5.77. The molecule has 1 aromatic carbocycles. The highest BCUT2D eigenvalue weighted by Gasteiger charge is 2.06. The second kappa shape index (κ2) is 3.77. The zero-order valence-electron chi connectivity index (χ0n) is 7.12. The van der Waals surface area contributed by atoms with E-state index in [0.717, 1.165) is 17.7 Å². The Morgan fingerprint density at radius 3 is 2.83 bits per heavy atom. The van der Waals surface area contributed by atoms with Gasteiger partial charge in [-0.15, -0.1) is 0 Å². The van der Waals surface area contributed by atoms with Crippen molar-refractivity contribution in [2.45, 2.75) is 19.3 Å². The average Bonchev–Trinajstić information content (AvgIpc) is 2.07. The number of nitrogens with two attached hydrogens (primary N) is 1. The predicted octanol–water partition coefficient (Wildman–Crippen LogP) is 2.29. The van der Waals surface area contributed by atoms with E-state index in [-0.39, 0.29) is 5.92 Å². The van der Waals surface area contributed by atoms with Gasteiger partial charge in [0.15, 0.2) is 0 Å². The van der Waals surface area contributed by atoms with Crippen LogP contribution in [0, 0.1) is 11.3 Å². The summed E-state index contributed by atoms with van der Waals surface area (Å²) in [6, 6.07) is 9.74. The van der Waals surface area contributed by atoms with E-state index in [0.29, 0.717) is 0 Å². The van der Waals surface area contributed by atoms with Crippen LogP contribution in [0.3, 0.4) is 0 Å². The van der Waals surface area contributed by atoms with Crippen LogP contribution in [0.25, 0.3) is 0 Å². The van der Waals surface area contributed by atoms with Crippen molar-refractivity contribution < 1.29 is 0 Å². The van der Waals surface area contributed by atoms with E-state index in [2.05, 4.69) is 6.07 Å². The molecule has 0 heterocycles. The maximum atomic E-state index is 8.78. The summed E-state index contributed by atoms with van der Waals surface area (Å²) >= 11 is 0. The molecular weight excluding hydrogens is 148 g/mol. The first kappa shape index (κ1) is 8.61. The van der Waals surface area contributed by atoms with Gasteiger partial charge < -0.3 is 5.73 Å². The Bertz CT molecular complexity index is 299. The number of anilines is 1. The SMILES string of the molecule is CCC(C#N)c1cccc(N)c1. The van der Waals surface area contributed by atoms with E-state index in [1.165, 1.54) is 0 Å². The van der Waals surface area contributed by atoms with E-state index in [9.17, 15) is 0 Å². The van der Waals surface area contributed by atoms with Crippen molar-refractivity contribution in [2.24, 2.45) is 0 Å². The molecule has 0 saturated carbocycles. The van der Waals surface area contributed by atoms with E-state index in [1.807, 2.05) is 31.2 Å². The maximum absolute atomic E-state index is 8.78. The Hall–Kier alpha value is -1.49. The number of hydrogen-bond donors (Lipinski definition) is 1. The molecule has 0 fully saturated rings. The van der Waals surface area contributed by atoms with Gasteiger partial charge in [0.25, 0.3) is 0 Å². The smallest absolute Gasteiger partial charge is 0.0710 e. The summed E-state index contributed by atoms with van der Waals surface area (Å²) in [4.78, 5) is 0. The fourth-order valence-corrected chi connectivity index (χ4v) is 1.18. The Kier molecular flexibility index (Phi) is 2.71. The number of nitrogens with zero attached hydrogens (tertiary/aromatic N) is 1. The average molecular weight is 160 g/mol. The molecule has 1 rings (SSSR count). The first-order valence-corrected chi connectivity index (χ1v) is 4.03. The molecule has 0 aliphatic carbocycles. The zero-order valence-corrected chi connectivity index (χ0v) is 7.12. The number of benzene rings is 1. The van der Waals surface area contributed by atoms with Gasteiger partial charge in [0.1, 0.15) is 0 Å². The minimum atomic E-state index is -0.0199. The van der Waals surface area contributed by atoms with Crippen LogP contribution in [0.1, 0.15) is 24.8 Å². The summed E-state index contributed by atoms with van der Waals surface area (Å²) in [5.74, 6) is -0.0199. The number of nitriles is 1. The van der Waals surface area contributed by atoms with Gasteiger partial charge in [0.05, 0.1) is 12.0 Å². The van der Waals surface area contributed by atoms with Crippen LogP contribution in [-0.4, -0.2) is 0 Å².